The van der Waals surface area contributed by atoms with Gasteiger partial charge in [-0.05, 0) is 55.0 Å². The second kappa shape index (κ2) is 7.03. The number of aromatic nitrogens is 2. The molecule has 0 unspecified atom stereocenters. The first kappa shape index (κ1) is 18.4. The lowest BCUT2D eigenvalue weighted by Gasteiger charge is -2.29. The molecule has 3 aromatic heterocycles. The molecule has 1 saturated heterocycles. The summed E-state index contributed by atoms with van der Waals surface area (Å²) in [5.41, 5.74) is 3.61. The number of sulfonamides is 1. The van der Waals surface area contributed by atoms with Crippen LogP contribution in [0.5, 0.6) is 0 Å². The van der Waals surface area contributed by atoms with Gasteiger partial charge in [0, 0.05) is 42.9 Å². The zero-order chi connectivity index (χ0) is 20.0. The van der Waals surface area contributed by atoms with Crippen LogP contribution in [-0.4, -0.2) is 38.5 Å². The summed E-state index contributed by atoms with van der Waals surface area (Å²) in [6.07, 6.45) is 5.50. The number of hydrogen-bond acceptors (Lipinski definition) is 5. The maximum absolute atomic E-state index is 13.0. The summed E-state index contributed by atoms with van der Waals surface area (Å²) in [5, 5.41) is 3.84. The first-order chi connectivity index (χ1) is 14.1. The Labute approximate surface area is 173 Å². The standard InChI is InChI=1S/C21H22N4O2S2/c1-24(29(26,27)19-6-5-13-28-19)15-7-8-17-16(14-15)20-18(9-10-22-21(20)23-17)25-11-3-2-4-12-25/h5-10,13-14H,2-4,11-12H2,1H3,(H,22,23). The van der Waals surface area contributed by atoms with Crippen LogP contribution in [0.4, 0.5) is 11.4 Å². The summed E-state index contributed by atoms with van der Waals surface area (Å²) in [6.45, 7) is 2.08. The summed E-state index contributed by atoms with van der Waals surface area (Å²) in [7, 11) is -1.96. The number of aromatic amines is 1. The Bertz CT molecular complexity index is 1270. The van der Waals surface area contributed by atoms with Crippen molar-refractivity contribution in [2.45, 2.75) is 23.5 Å². The largest absolute Gasteiger partial charge is 0.371 e. The van der Waals surface area contributed by atoms with Crippen LogP contribution in [0.2, 0.25) is 0 Å². The molecule has 0 atom stereocenters. The van der Waals surface area contributed by atoms with Crippen LogP contribution in [0.15, 0.2) is 52.2 Å². The molecule has 4 heterocycles. The van der Waals surface area contributed by atoms with Crippen LogP contribution >= 0.6 is 11.3 Å². The van der Waals surface area contributed by atoms with E-state index in [1.807, 2.05) is 24.4 Å². The second-order valence-corrected chi connectivity index (χ2v) is 10.5. The molecule has 1 fully saturated rings. The van der Waals surface area contributed by atoms with Crippen molar-refractivity contribution in [1.29, 1.82) is 0 Å². The molecular weight excluding hydrogens is 404 g/mol. The first-order valence-electron chi connectivity index (χ1n) is 9.73. The second-order valence-electron chi connectivity index (χ2n) is 7.36. The number of nitrogens with zero attached hydrogens (tertiary/aromatic N) is 3. The Hall–Kier alpha value is -2.58. The molecule has 5 rings (SSSR count). The lowest BCUT2D eigenvalue weighted by Crippen LogP contribution is -2.29. The first-order valence-corrected chi connectivity index (χ1v) is 12.1. The normalized spacial score (nSPS) is 15.3. The fourth-order valence-electron chi connectivity index (χ4n) is 4.07. The highest BCUT2D eigenvalue weighted by atomic mass is 32.2. The summed E-state index contributed by atoms with van der Waals surface area (Å²) < 4.78 is 27.6. The van der Waals surface area contributed by atoms with Gasteiger partial charge in [0.05, 0.1) is 11.1 Å². The minimum absolute atomic E-state index is 0.342. The highest BCUT2D eigenvalue weighted by molar-refractivity contribution is 7.94. The molecule has 4 aromatic rings. The van der Waals surface area contributed by atoms with Gasteiger partial charge >= 0.3 is 0 Å². The van der Waals surface area contributed by atoms with Crippen molar-refractivity contribution in [2.75, 3.05) is 29.3 Å². The molecule has 0 bridgehead atoms. The fourth-order valence-corrected chi connectivity index (χ4v) is 6.41. The molecule has 1 aromatic carbocycles. The molecule has 150 valence electrons. The Morgan fingerprint density at radius 1 is 1.14 bits per heavy atom. The number of H-pyrrole nitrogens is 1. The van der Waals surface area contributed by atoms with E-state index in [0.717, 1.165) is 35.0 Å². The Morgan fingerprint density at radius 3 is 2.72 bits per heavy atom. The summed E-state index contributed by atoms with van der Waals surface area (Å²) >= 11 is 1.23. The number of pyridine rings is 1. The molecule has 0 saturated carbocycles. The minimum Gasteiger partial charge on any atom is -0.371 e. The van der Waals surface area contributed by atoms with E-state index >= 15 is 0 Å². The molecule has 1 aliphatic rings. The van der Waals surface area contributed by atoms with Gasteiger partial charge in [0.1, 0.15) is 9.86 Å². The van der Waals surface area contributed by atoms with E-state index in [-0.39, 0.29) is 0 Å². The van der Waals surface area contributed by atoms with Crippen molar-refractivity contribution in [1.82, 2.24) is 9.97 Å². The molecule has 1 aliphatic heterocycles. The van der Waals surface area contributed by atoms with Gasteiger partial charge in [0.15, 0.2) is 0 Å². The van der Waals surface area contributed by atoms with Crippen LogP contribution in [0.3, 0.4) is 0 Å². The highest BCUT2D eigenvalue weighted by Crippen LogP contribution is 2.36. The topological polar surface area (TPSA) is 69.3 Å². The van der Waals surface area contributed by atoms with Crippen LogP contribution in [0.1, 0.15) is 19.3 Å². The molecule has 0 amide bonds. The van der Waals surface area contributed by atoms with Crippen LogP contribution in [-0.2, 0) is 10.0 Å². The summed E-state index contributed by atoms with van der Waals surface area (Å²) in [4.78, 5) is 10.3. The average molecular weight is 427 g/mol. The molecule has 0 radical (unpaired) electrons. The van der Waals surface area contributed by atoms with Gasteiger partial charge in [-0.25, -0.2) is 13.4 Å². The predicted molar refractivity (Wildman–Crippen MR) is 120 cm³/mol. The third kappa shape index (κ3) is 3.07. The van der Waals surface area contributed by atoms with Crippen molar-refractivity contribution in [3.63, 3.8) is 0 Å². The van der Waals surface area contributed by atoms with Crippen molar-refractivity contribution >= 4 is 54.7 Å². The number of piperidine rings is 1. The number of rotatable bonds is 4. The van der Waals surface area contributed by atoms with E-state index in [0.29, 0.717) is 9.90 Å². The van der Waals surface area contributed by atoms with Gasteiger partial charge in [-0.3, -0.25) is 4.31 Å². The van der Waals surface area contributed by atoms with E-state index in [1.54, 1.807) is 24.6 Å². The third-order valence-corrected chi connectivity index (χ3v) is 8.78. The smallest absolute Gasteiger partial charge is 0.273 e. The van der Waals surface area contributed by atoms with Gasteiger partial charge in [0.25, 0.3) is 10.0 Å². The van der Waals surface area contributed by atoms with E-state index in [1.165, 1.54) is 40.6 Å². The number of hydrogen-bond donors (Lipinski definition) is 1. The lowest BCUT2D eigenvalue weighted by atomic mass is 10.1. The Balaban J connectivity index is 1.65. The van der Waals surface area contributed by atoms with Gasteiger partial charge in [0.2, 0.25) is 0 Å². The molecule has 8 heteroatoms. The van der Waals surface area contributed by atoms with E-state index in [2.05, 4.69) is 20.9 Å². The Morgan fingerprint density at radius 2 is 1.97 bits per heavy atom. The van der Waals surface area contributed by atoms with Crippen LogP contribution < -0.4 is 9.21 Å². The highest BCUT2D eigenvalue weighted by Gasteiger charge is 2.23. The third-order valence-electron chi connectivity index (χ3n) is 5.62. The molecule has 6 nitrogen and oxygen atoms in total. The maximum atomic E-state index is 13.0. The van der Waals surface area contributed by atoms with Crippen molar-refractivity contribution in [3.05, 3.63) is 48.0 Å². The average Bonchev–Trinajstić information content (AvgIpc) is 3.41. The summed E-state index contributed by atoms with van der Waals surface area (Å²) in [6, 6.07) is 11.2. The van der Waals surface area contributed by atoms with Crippen molar-refractivity contribution in [3.8, 4) is 0 Å². The van der Waals surface area contributed by atoms with Crippen LogP contribution in [0.25, 0.3) is 21.9 Å². The van der Waals surface area contributed by atoms with E-state index < -0.39 is 10.0 Å². The maximum Gasteiger partial charge on any atom is 0.273 e. The quantitative estimate of drug-likeness (QED) is 0.518. The molecule has 0 aliphatic carbocycles. The molecule has 0 spiro atoms. The van der Waals surface area contributed by atoms with E-state index in [9.17, 15) is 8.42 Å². The lowest BCUT2D eigenvalue weighted by molar-refractivity contribution is 0.579. The zero-order valence-electron chi connectivity index (χ0n) is 16.1. The van der Waals surface area contributed by atoms with Gasteiger partial charge in [-0.1, -0.05) is 6.07 Å². The van der Waals surface area contributed by atoms with Crippen molar-refractivity contribution in [2.24, 2.45) is 0 Å². The number of fused-ring (bicyclic) bond motifs is 3. The SMILES string of the molecule is CN(c1ccc2[nH]c3nccc(N4CCCCC4)c3c2c1)S(=O)(=O)c1cccs1. The Kier molecular flexibility index (Phi) is 4.48. The van der Waals surface area contributed by atoms with Crippen molar-refractivity contribution < 1.29 is 8.42 Å². The molecule has 29 heavy (non-hydrogen) atoms. The number of nitrogens with one attached hydrogen (secondary N) is 1. The van der Waals surface area contributed by atoms with Gasteiger partial charge in [-0.15, -0.1) is 11.3 Å². The van der Waals surface area contributed by atoms with Gasteiger partial charge in [-0.2, -0.15) is 0 Å². The number of anilines is 2. The minimum atomic E-state index is -3.57. The van der Waals surface area contributed by atoms with E-state index in [4.69, 9.17) is 0 Å². The monoisotopic (exact) mass is 426 g/mol. The van der Waals surface area contributed by atoms with Crippen LogP contribution in [0, 0.1) is 0 Å². The predicted octanol–water partition coefficient (Wildman–Crippen LogP) is 4.59. The van der Waals surface area contributed by atoms with Gasteiger partial charge < -0.3 is 9.88 Å². The number of thiophene rings is 1. The fraction of sp³-hybridized carbons (Fsp3) is 0.286. The molecular formula is C21H22N4O2S2. The zero-order valence-corrected chi connectivity index (χ0v) is 17.8. The molecule has 1 N–H and O–H groups in total. The summed E-state index contributed by atoms with van der Waals surface area (Å²) in [5.74, 6) is 0. The number of benzene rings is 1.